The zero-order valence-corrected chi connectivity index (χ0v) is 9.97. The molecule has 0 radical (unpaired) electrons. The Morgan fingerprint density at radius 1 is 1.19 bits per heavy atom. The molecule has 0 heterocycles. The van der Waals surface area contributed by atoms with Gasteiger partial charge in [0.2, 0.25) is 0 Å². The maximum absolute atomic E-state index is 9.76. The fourth-order valence-electron chi connectivity index (χ4n) is 1.96. The highest BCUT2D eigenvalue weighted by atomic mass is 16.3. The maximum atomic E-state index is 9.76. The summed E-state index contributed by atoms with van der Waals surface area (Å²) in [4.78, 5) is 0. The molecular formula is C14H22O2. The average molecular weight is 222 g/mol. The Bertz CT molecular complexity index is 271. The van der Waals surface area contributed by atoms with Crippen LogP contribution in [-0.2, 0) is 6.42 Å². The van der Waals surface area contributed by atoms with Gasteiger partial charge in [0.05, 0.1) is 12.7 Å². The van der Waals surface area contributed by atoms with Crippen LogP contribution in [0.5, 0.6) is 0 Å². The zero-order chi connectivity index (χ0) is 11.8. The van der Waals surface area contributed by atoms with Crippen LogP contribution in [0.4, 0.5) is 0 Å². The summed E-state index contributed by atoms with van der Waals surface area (Å²) in [7, 11) is 0. The van der Waals surface area contributed by atoms with Gasteiger partial charge in [0.25, 0.3) is 0 Å². The molecule has 90 valence electrons. The standard InChI is InChI=1S/C14H22O2/c1-2-3-9-13(14(16)11-15)10-12-7-5-4-6-8-12/h4-8,13-16H,2-3,9-11H2,1H3. The van der Waals surface area contributed by atoms with E-state index in [1.54, 1.807) is 0 Å². The van der Waals surface area contributed by atoms with E-state index in [0.29, 0.717) is 0 Å². The summed E-state index contributed by atoms with van der Waals surface area (Å²) >= 11 is 0. The molecule has 0 aliphatic carbocycles. The predicted molar refractivity (Wildman–Crippen MR) is 66.3 cm³/mol. The molecule has 2 atom stereocenters. The molecule has 2 nitrogen and oxygen atoms in total. The second kappa shape index (κ2) is 7.42. The lowest BCUT2D eigenvalue weighted by atomic mass is 9.89. The fourth-order valence-corrected chi connectivity index (χ4v) is 1.96. The smallest absolute Gasteiger partial charge is 0.0802 e. The van der Waals surface area contributed by atoms with Crippen molar-refractivity contribution in [1.82, 2.24) is 0 Å². The summed E-state index contributed by atoms with van der Waals surface area (Å²) in [5.74, 6) is 0.173. The minimum Gasteiger partial charge on any atom is -0.394 e. The summed E-state index contributed by atoms with van der Waals surface area (Å²) in [6, 6.07) is 10.2. The Hall–Kier alpha value is -0.860. The third-order valence-corrected chi connectivity index (χ3v) is 3.00. The SMILES string of the molecule is CCCCC(Cc1ccccc1)C(O)CO. The molecule has 0 bridgehead atoms. The van der Waals surface area contributed by atoms with Crippen molar-refractivity contribution < 1.29 is 10.2 Å². The number of aliphatic hydroxyl groups is 2. The third-order valence-electron chi connectivity index (χ3n) is 3.00. The molecular weight excluding hydrogens is 200 g/mol. The van der Waals surface area contributed by atoms with Crippen molar-refractivity contribution in [3.8, 4) is 0 Å². The van der Waals surface area contributed by atoms with E-state index in [1.165, 1.54) is 5.56 Å². The van der Waals surface area contributed by atoms with Crippen LogP contribution in [0.15, 0.2) is 30.3 Å². The molecule has 0 saturated carbocycles. The van der Waals surface area contributed by atoms with Gasteiger partial charge in [0.15, 0.2) is 0 Å². The first kappa shape index (κ1) is 13.2. The highest BCUT2D eigenvalue weighted by Crippen LogP contribution is 2.18. The van der Waals surface area contributed by atoms with E-state index >= 15 is 0 Å². The van der Waals surface area contributed by atoms with Crippen molar-refractivity contribution >= 4 is 0 Å². The number of unbranched alkanes of at least 4 members (excludes halogenated alkanes) is 1. The van der Waals surface area contributed by atoms with Gasteiger partial charge in [-0.2, -0.15) is 0 Å². The van der Waals surface area contributed by atoms with Gasteiger partial charge in [-0.3, -0.25) is 0 Å². The lowest BCUT2D eigenvalue weighted by Crippen LogP contribution is -2.26. The summed E-state index contributed by atoms with van der Waals surface area (Å²) in [6.07, 6.45) is 3.47. The molecule has 0 spiro atoms. The normalized spacial score (nSPS) is 14.7. The largest absolute Gasteiger partial charge is 0.394 e. The first-order valence-electron chi connectivity index (χ1n) is 6.10. The van der Waals surface area contributed by atoms with Gasteiger partial charge >= 0.3 is 0 Å². The van der Waals surface area contributed by atoms with E-state index in [1.807, 2.05) is 18.2 Å². The van der Waals surface area contributed by atoms with Gasteiger partial charge in [-0.05, 0) is 24.3 Å². The summed E-state index contributed by atoms with van der Waals surface area (Å²) in [5.41, 5.74) is 1.23. The number of aliphatic hydroxyl groups excluding tert-OH is 2. The second-order valence-corrected chi connectivity index (χ2v) is 4.34. The topological polar surface area (TPSA) is 40.5 Å². The highest BCUT2D eigenvalue weighted by molar-refractivity contribution is 5.15. The molecule has 0 aliphatic rings. The minimum atomic E-state index is -0.591. The Morgan fingerprint density at radius 3 is 2.44 bits per heavy atom. The summed E-state index contributed by atoms with van der Waals surface area (Å²) in [5, 5.41) is 18.8. The lowest BCUT2D eigenvalue weighted by molar-refractivity contribution is 0.0428. The highest BCUT2D eigenvalue weighted by Gasteiger charge is 2.18. The molecule has 2 heteroatoms. The fraction of sp³-hybridized carbons (Fsp3) is 0.571. The predicted octanol–water partition coefficient (Wildman–Crippen LogP) is 2.39. The molecule has 1 aromatic rings. The van der Waals surface area contributed by atoms with E-state index < -0.39 is 6.10 Å². The van der Waals surface area contributed by atoms with E-state index in [4.69, 9.17) is 5.11 Å². The monoisotopic (exact) mass is 222 g/mol. The van der Waals surface area contributed by atoms with Crippen LogP contribution in [0.3, 0.4) is 0 Å². The Kier molecular flexibility index (Phi) is 6.12. The summed E-state index contributed by atoms with van der Waals surface area (Å²) in [6.45, 7) is 2.01. The van der Waals surface area contributed by atoms with Crippen molar-refractivity contribution in [3.05, 3.63) is 35.9 Å². The van der Waals surface area contributed by atoms with Crippen molar-refractivity contribution in [2.75, 3.05) is 6.61 Å². The first-order chi connectivity index (χ1) is 7.77. The van der Waals surface area contributed by atoms with Crippen molar-refractivity contribution in [2.24, 2.45) is 5.92 Å². The molecule has 0 aromatic heterocycles. The number of hydrogen-bond acceptors (Lipinski definition) is 2. The van der Waals surface area contributed by atoms with Gasteiger partial charge in [-0.25, -0.2) is 0 Å². The number of benzene rings is 1. The Morgan fingerprint density at radius 2 is 1.88 bits per heavy atom. The van der Waals surface area contributed by atoms with Crippen LogP contribution in [0.25, 0.3) is 0 Å². The summed E-state index contributed by atoms with van der Waals surface area (Å²) < 4.78 is 0. The van der Waals surface area contributed by atoms with Crippen LogP contribution >= 0.6 is 0 Å². The third kappa shape index (κ3) is 4.33. The van der Waals surface area contributed by atoms with Gasteiger partial charge in [0, 0.05) is 0 Å². The van der Waals surface area contributed by atoms with Gasteiger partial charge in [-0.1, -0.05) is 50.1 Å². The van der Waals surface area contributed by atoms with Crippen LogP contribution in [0.1, 0.15) is 31.7 Å². The molecule has 0 aliphatic heterocycles. The van der Waals surface area contributed by atoms with Crippen LogP contribution in [0.2, 0.25) is 0 Å². The molecule has 0 saturated heterocycles. The first-order valence-corrected chi connectivity index (χ1v) is 6.10. The number of rotatable bonds is 7. The Balaban J connectivity index is 2.56. The molecule has 0 fully saturated rings. The molecule has 16 heavy (non-hydrogen) atoms. The quantitative estimate of drug-likeness (QED) is 0.743. The number of hydrogen-bond donors (Lipinski definition) is 2. The van der Waals surface area contributed by atoms with Gasteiger partial charge < -0.3 is 10.2 Å². The van der Waals surface area contributed by atoms with Crippen molar-refractivity contribution in [2.45, 2.75) is 38.7 Å². The molecule has 1 aromatic carbocycles. The Labute approximate surface area is 97.9 Å². The van der Waals surface area contributed by atoms with E-state index in [-0.39, 0.29) is 12.5 Å². The van der Waals surface area contributed by atoms with Crippen LogP contribution < -0.4 is 0 Å². The van der Waals surface area contributed by atoms with E-state index in [0.717, 1.165) is 25.7 Å². The van der Waals surface area contributed by atoms with E-state index in [2.05, 4.69) is 19.1 Å². The van der Waals surface area contributed by atoms with Crippen LogP contribution in [0, 0.1) is 5.92 Å². The molecule has 2 unspecified atom stereocenters. The van der Waals surface area contributed by atoms with Gasteiger partial charge in [0.1, 0.15) is 0 Å². The van der Waals surface area contributed by atoms with Crippen molar-refractivity contribution in [1.29, 1.82) is 0 Å². The van der Waals surface area contributed by atoms with Gasteiger partial charge in [-0.15, -0.1) is 0 Å². The molecule has 2 N–H and O–H groups in total. The second-order valence-electron chi connectivity index (χ2n) is 4.34. The molecule has 0 amide bonds. The van der Waals surface area contributed by atoms with Crippen LogP contribution in [-0.4, -0.2) is 22.9 Å². The van der Waals surface area contributed by atoms with Crippen molar-refractivity contribution in [3.63, 3.8) is 0 Å². The lowest BCUT2D eigenvalue weighted by Gasteiger charge is -2.21. The average Bonchev–Trinajstić information content (AvgIpc) is 2.34. The molecule has 1 rings (SSSR count). The minimum absolute atomic E-state index is 0.138. The maximum Gasteiger partial charge on any atom is 0.0802 e. The van der Waals surface area contributed by atoms with E-state index in [9.17, 15) is 5.11 Å². The zero-order valence-electron chi connectivity index (χ0n) is 9.97.